The van der Waals surface area contributed by atoms with Gasteiger partial charge in [-0.2, -0.15) is 0 Å². The van der Waals surface area contributed by atoms with Crippen molar-refractivity contribution in [2.45, 2.75) is 30.2 Å². The number of halogens is 2. The summed E-state index contributed by atoms with van der Waals surface area (Å²) in [6.07, 6.45) is 2.68. The van der Waals surface area contributed by atoms with Crippen LogP contribution in [-0.4, -0.2) is 30.8 Å². The molecule has 0 aromatic heterocycles. The summed E-state index contributed by atoms with van der Waals surface area (Å²) in [7, 11) is 0. The molecule has 0 aliphatic carbocycles. The van der Waals surface area contributed by atoms with Crippen LogP contribution in [0.25, 0.3) is 0 Å². The Hall–Kier alpha value is -0.780. The Labute approximate surface area is 129 Å². The van der Waals surface area contributed by atoms with Crippen molar-refractivity contribution in [3.8, 4) is 0 Å². The lowest BCUT2D eigenvalue weighted by Crippen LogP contribution is -2.45. The molecule has 6 heteroatoms. The fraction of sp³-hybridized carbons (Fsp3) is 0.500. The fourth-order valence-corrected chi connectivity index (χ4v) is 2.92. The Balaban J connectivity index is 0.00000200. The molecule has 112 valence electrons. The predicted octanol–water partition coefficient (Wildman–Crippen LogP) is 2.60. The summed E-state index contributed by atoms with van der Waals surface area (Å²) < 4.78 is 12.7. The lowest BCUT2D eigenvalue weighted by Gasteiger charge is -2.23. The molecule has 1 aliphatic heterocycles. The number of benzene rings is 1. The van der Waals surface area contributed by atoms with E-state index in [1.165, 1.54) is 12.1 Å². The Bertz CT molecular complexity index is 410. The van der Waals surface area contributed by atoms with E-state index in [2.05, 4.69) is 10.6 Å². The SMILES string of the molecule is Cl.O=C(CCSc1ccc(F)cc1)N[C@H]1CCCNC1. The molecule has 1 aliphatic rings. The van der Waals surface area contributed by atoms with Crippen LogP contribution in [0.1, 0.15) is 19.3 Å². The maximum absolute atomic E-state index is 12.7. The van der Waals surface area contributed by atoms with E-state index < -0.39 is 0 Å². The number of hydrogen-bond donors (Lipinski definition) is 2. The molecule has 3 nitrogen and oxygen atoms in total. The number of carbonyl (C=O) groups excluding carboxylic acids is 1. The monoisotopic (exact) mass is 318 g/mol. The van der Waals surface area contributed by atoms with Crippen LogP contribution in [0, 0.1) is 5.82 Å². The van der Waals surface area contributed by atoms with Gasteiger partial charge in [0, 0.05) is 29.7 Å². The molecule has 0 spiro atoms. The summed E-state index contributed by atoms with van der Waals surface area (Å²) in [6, 6.07) is 6.63. The van der Waals surface area contributed by atoms with Gasteiger partial charge in [0.15, 0.2) is 0 Å². The summed E-state index contributed by atoms with van der Waals surface area (Å²) in [5.74, 6) is 0.590. The zero-order chi connectivity index (χ0) is 13.5. The minimum Gasteiger partial charge on any atom is -0.352 e. The number of hydrogen-bond acceptors (Lipinski definition) is 3. The van der Waals surface area contributed by atoms with Gasteiger partial charge in [0.1, 0.15) is 5.82 Å². The maximum Gasteiger partial charge on any atom is 0.221 e. The van der Waals surface area contributed by atoms with Crippen LogP contribution in [0.5, 0.6) is 0 Å². The van der Waals surface area contributed by atoms with E-state index in [-0.39, 0.29) is 30.2 Å². The summed E-state index contributed by atoms with van der Waals surface area (Å²) in [4.78, 5) is 12.7. The molecule has 1 heterocycles. The molecule has 20 heavy (non-hydrogen) atoms. The molecular weight excluding hydrogens is 299 g/mol. The van der Waals surface area contributed by atoms with Crippen LogP contribution in [0.15, 0.2) is 29.2 Å². The van der Waals surface area contributed by atoms with Crippen LogP contribution >= 0.6 is 24.2 Å². The molecule has 1 atom stereocenters. The second-order valence-electron chi connectivity index (χ2n) is 4.66. The molecule has 2 rings (SSSR count). The van der Waals surface area contributed by atoms with Crippen molar-refractivity contribution >= 4 is 30.1 Å². The first-order valence-electron chi connectivity index (χ1n) is 6.62. The minimum atomic E-state index is -0.230. The molecule has 0 bridgehead atoms. The molecule has 1 amide bonds. The fourth-order valence-electron chi connectivity index (χ4n) is 2.07. The molecule has 1 fully saturated rings. The smallest absolute Gasteiger partial charge is 0.221 e. The zero-order valence-electron chi connectivity index (χ0n) is 11.2. The van der Waals surface area contributed by atoms with Gasteiger partial charge in [0.2, 0.25) is 5.91 Å². The lowest BCUT2D eigenvalue weighted by atomic mass is 10.1. The van der Waals surface area contributed by atoms with Gasteiger partial charge in [-0.3, -0.25) is 4.79 Å². The molecule has 0 saturated carbocycles. The van der Waals surface area contributed by atoms with Gasteiger partial charge < -0.3 is 10.6 Å². The third kappa shape index (κ3) is 6.11. The van der Waals surface area contributed by atoms with Crippen molar-refractivity contribution in [2.75, 3.05) is 18.8 Å². The number of thioether (sulfide) groups is 1. The summed E-state index contributed by atoms with van der Waals surface area (Å²) in [6.45, 7) is 1.92. The van der Waals surface area contributed by atoms with Gasteiger partial charge in [-0.1, -0.05) is 0 Å². The Morgan fingerprint density at radius 1 is 1.40 bits per heavy atom. The predicted molar refractivity (Wildman–Crippen MR) is 83.0 cm³/mol. The van der Waals surface area contributed by atoms with Crippen molar-refractivity contribution in [2.24, 2.45) is 0 Å². The third-order valence-corrected chi connectivity index (χ3v) is 4.09. The topological polar surface area (TPSA) is 41.1 Å². The van der Waals surface area contributed by atoms with Crippen LogP contribution in [0.2, 0.25) is 0 Å². The van der Waals surface area contributed by atoms with Crippen molar-refractivity contribution in [3.63, 3.8) is 0 Å². The number of rotatable bonds is 5. The molecule has 1 aromatic carbocycles. The first-order valence-corrected chi connectivity index (χ1v) is 7.61. The highest BCUT2D eigenvalue weighted by Gasteiger charge is 2.14. The van der Waals surface area contributed by atoms with Crippen molar-refractivity contribution < 1.29 is 9.18 Å². The molecule has 2 N–H and O–H groups in total. The highest BCUT2D eigenvalue weighted by atomic mass is 35.5. The van der Waals surface area contributed by atoms with Gasteiger partial charge in [-0.15, -0.1) is 24.2 Å². The van der Waals surface area contributed by atoms with Gasteiger partial charge in [0.25, 0.3) is 0 Å². The first kappa shape index (κ1) is 17.3. The average Bonchev–Trinajstić information content (AvgIpc) is 2.42. The van der Waals surface area contributed by atoms with Gasteiger partial charge in [-0.05, 0) is 43.7 Å². The largest absolute Gasteiger partial charge is 0.352 e. The standard InChI is InChI=1S/C14H19FN2OS.ClH/c15-11-3-5-13(6-4-11)19-9-7-14(18)17-12-2-1-8-16-10-12;/h3-6,12,16H,1-2,7-10H2,(H,17,18);1H/t12-;/m0./s1. The van der Waals surface area contributed by atoms with E-state index in [0.29, 0.717) is 6.42 Å². The first-order chi connectivity index (χ1) is 9.24. The molecule has 0 unspecified atom stereocenters. The van der Waals surface area contributed by atoms with E-state index in [1.807, 2.05) is 0 Å². The quantitative estimate of drug-likeness (QED) is 0.820. The molecule has 0 radical (unpaired) electrons. The van der Waals surface area contributed by atoms with Crippen LogP contribution in [0.4, 0.5) is 4.39 Å². The maximum atomic E-state index is 12.7. The minimum absolute atomic E-state index is 0. The lowest BCUT2D eigenvalue weighted by molar-refractivity contribution is -0.121. The summed E-state index contributed by atoms with van der Waals surface area (Å²) in [5.41, 5.74) is 0. The Morgan fingerprint density at radius 3 is 2.80 bits per heavy atom. The molecule has 1 aromatic rings. The Kier molecular flexibility index (Phi) is 7.95. The summed E-state index contributed by atoms with van der Waals surface area (Å²) in [5, 5.41) is 6.31. The van der Waals surface area contributed by atoms with Crippen molar-refractivity contribution in [1.29, 1.82) is 0 Å². The van der Waals surface area contributed by atoms with Gasteiger partial charge in [0.05, 0.1) is 0 Å². The van der Waals surface area contributed by atoms with E-state index in [0.717, 1.165) is 36.6 Å². The van der Waals surface area contributed by atoms with Crippen LogP contribution in [-0.2, 0) is 4.79 Å². The second-order valence-corrected chi connectivity index (χ2v) is 5.83. The van der Waals surface area contributed by atoms with Crippen molar-refractivity contribution in [1.82, 2.24) is 10.6 Å². The van der Waals surface area contributed by atoms with Gasteiger partial charge in [-0.25, -0.2) is 4.39 Å². The zero-order valence-corrected chi connectivity index (χ0v) is 12.9. The normalized spacial score (nSPS) is 18.1. The van der Waals surface area contributed by atoms with E-state index >= 15 is 0 Å². The van der Waals surface area contributed by atoms with Crippen LogP contribution in [0.3, 0.4) is 0 Å². The number of amides is 1. The summed E-state index contributed by atoms with van der Waals surface area (Å²) >= 11 is 1.58. The number of piperidine rings is 1. The third-order valence-electron chi connectivity index (χ3n) is 3.07. The van der Waals surface area contributed by atoms with Gasteiger partial charge >= 0.3 is 0 Å². The average molecular weight is 319 g/mol. The Morgan fingerprint density at radius 2 is 2.15 bits per heavy atom. The van der Waals surface area contributed by atoms with E-state index in [1.54, 1.807) is 23.9 Å². The highest BCUT2D eigenvalue weighted by Crippen LogP contribution is 2.18. The number of carbonyl (C=O) groups is 1. The highest BCUT2D eigenvalue weighted by molar-refractivity contribution is 7.99. The van der Waals surface area contributed by atoms with E-state index in [4.69, 9.17) is 0 Å². The second kappa shape index (κ2) is 9.21. The van der Waals surface area contributed by atoms with Crippen LogP contribution < -0.4 is 10.6 Å². The molecule has 1 saturated heterocycles. The molecular formula is C14H20ClFN2OS. The van der Waals surface area contributed by atoms with E-state index in [9.17, 15) is 9.18 Å². The number of nitrogens with one attached hydrogen (secondary N) is 2. The van der Waals surface area contributed by atoms with Crippen molar-refractivity contribution in [3.05, 3.63) is 30.1 Å².